The fourth-order valence-corrected chi connectivity index (χ4v) is 2.29. The summed E-state index contributed by atoms with van der Waals surface area (Å²) in [6, 6.07) is -0.652. The molecule has 1 rings (SSSR count). The van der Waals surface area contributed by atoms with Crippen LogP contribution in [-0.4, -0.2) is 69.4 Å². The van der Waals surface area contributed by atoms with E-state index in [1.165, 1.54) is 18.9 Å². The minimum atomic E-state index is -3.45. The van der Waals surface area contributed by atoms with E-state index in [4.69, 9.17) is 0 Å². The molecular weight excluding hydrogens is 258 g/mol. The van der Waals surface area contributed by atoms with Crippen LogP contribution in [0.25, 0.3) is 0 Å². The first-order valence-electron chi connectivity index (χ1n) is 5.70. The van der Waals surface area contributed by atoms with E-state index < -0.39 is 27.0 Å². The second-order valence-corrected chi connectivity index (χ2v) is 6.70. The molecule has 2 unspecified atom stereocenters. The zero-order chi connectivity index (χ0) is 13.9. The van der Waals surface area contributed by atoms with Crippen LogP contribution in [-0.2, 0) is 19.4 Å². The third kappa shape index (κ3) is 3.20. The summed E-state index contributed by atoms with van der Waals surface area (Å²) in [5.41, 5.74) is 0. The van der Waals surface area contributed by atoms with Crippen LogP contribution >= 0.6 is 0 Å². The number of hydrogen-bond acceptors (Lipinski definition) is 5. The maximum atomic E-state index is 12.1. The standard InChI is InChI=1S/C10H19N3O4S/c1-7(18(3,16)17)10(15)13-5-4-12-6-8(13)9(14)11-2/h7-8,12H,4-6H2,1-3H3,(H,11,14). The van der Waals surface area contributed by atoms with Crippen LogP contribution in [0, 0.1) is 0 Å². The van der Waals surface area contributed by atoms with E-state index in [0.717, 1.165) is 6.26 Å². The molecule has 1 fully saturated rings. The molecule has 7 nitrogen and oxygen atoms in total. The van der Waals surface area contributed by atoms with Gasteiger partial charge in [0, 0.05) is 32.9 Å². The first-order chi connectivity index (χ1) is 8.29. The van der Waals surface area contributed by atoms with Gasteiger partial charge in [0.05, 0.1) is 0 Å². The van der Waals surface area contributed by atoms with Gasteiger partial charge in [-0.1, -0.05) is 0 Å². The van der Waals surface area contributed by atoms with Crippen molar-refractivity contribution < 1.29 is 18.0 Å². The molecule has 2 N–H and O–H groups in total. The zero-order valence-corrected chi connectivity index (χ0v) is 11.6. The monoisotopic (exact) mass is 277 g/mol. The number of piperazine rings is 1. The molecule has 0 aromatic carbocycles. The second-order valence-electron chi connectivity index (χ2n) is 4.34. The molecule has 1 saturated heterocycles. The van der Waals surface area contributed by atoms with Crippen molar-refractivity contribution >= 4 is 21.7 Å². The van der Waals surface area contributed by atoms with E-state index in [-0.39, 0.29) is 5.91 Å². The van der Waals surface area contributed by atoms with E-state index in [1.807, 2.05) is 0 Å². The topological polar surface area (TPSA) is 95.6 Å². The highest BCUT2D eigenvalue weighted by Gasteiger charge is 2.36. The Hall–Kier alpha value is -1.15. The number of nitrogens with one attached hydrogen (secondary N) is 2. The van der Waals surface area contributed by atoms with Crippen LogP contribution in [0.1, 0.15) is 6.92 Å². The molecule has 2 atom stereocenters. The van der Waals surface area contributed by atoms with Crippen LogP contribution in [0.5, 0.6) is 0 Å². The molecule has 0 bridgehead atoms. The molecule has 0 spiro atoms. The highest BCUT2D eigenvalue weighted by Crippen LogP contribution is 2.10. The maximum Gasteiger partial charge on any atom is 0.243 e. The third-order valence-corrected chi connectivity index (χ3v) is 4.55. The van der Waals surface area contributed by atoms with Crippen molar-refractivity contribution in [3.8, 4) is 0 Å². The summed E-state index contributed by atoms with van der Waals surface area (Å²) in [5.74, 6) is -0.816. The highest BCUT2D eigenvalue weighted by molar-refractivity contribution is 7.92. The van der Waals surface area contributed by atoms with Gasteiger partial charge >= 0.3 is 0 Å². The van der Waals surface area contributed by atoms with Gasteiger partial charge in [0.2, 0.25) is 11.8 Å². The van der Waals surface area contributed by atoms with E-state index in [9.17, 15) is 18.0 Å². The van der Waals surface area contributed by atoms with E-state index >= 15 is 0 Å². The fourth-order valence-electron chi connectivity index (χ4n) is 1.79. The van der Waals surface area contributed by atoms with Crippen LogP contribution < -0.4 is 10.6 Å². The number of hydrogen-bond donors (Lipinski definition) is 2. The molecule has 0 aromatic rings. The molecule has 18 heavy (non-hydrogen) atoms. The van der Waals surface area contributed by atoms with Gasteiger partial charge in [0.15, 0.2) is 9.84 Å². The van der Waals surface area contributed by atoms with Gasteiger partial charge < -0.3 is 15.5 Å². The normalized spacial score (nSPS) is 22.4. The lowest BCUT2D eigenvalue weighted by Crippen LogP contribution is -2.61. The van der Waals surface area contributed by atoms with E-state index in [0.29, 0.717) is 19.6 Å². The predicted octanol–water partition coefficient (Wildman–Crippen LogP) is -2.03. The van der Waals surface area contributed by atoms with Crippen LogP contribution in [0.2, 0.25) is 0 Å². The quantitative estimate of drug-likeness (QED) is 0.620. The lowest BCUT2D eigenvalue weighted by Gasteiger charge is -2.36. The number of carbonyl (C=O) groups is 2. The van der Waals surface area contributed by atoms with Gasteiger partial charge in [-0.25, -0.2) is 8.42 Å². The molecule has 1 heterocycles. The van der Waals surface area contributed by atoms with E-state index in [1.54, 1.807) is 0 Å². The Balaban J connectivity index is 2.91. The van der Waals surface area contributed by atoms with Crippen molar-refractivity contribution in [2.45, 2.75) is 18.2 Å². The lowest BCUT2D eigenvalue weighted by molar-refractivity contribution is -0.140. The molecule has 0 aliphatic carbocycles. The van der Waals surface area contributed by atoms with Crippen molar-refractivity contribution in [1.29, 1.82) is 0 Å². The predicted molar refractivity (Wildman–Crippen MR) is 66.7 cm³/mol. The number of sulfone groups is 1. The van der Waals surface area contributed by atoms with Crippen molar-refractivity contribution in [2.24, 2.45) is 0 Å². The SMILES string of the molecule is CNC(=O)C1CNCCN1C(=O)C(C)S(C)(=O)=O. The summed E-state index contributed by atoms with van der Waals surface area (Å²) < 4.78 is 22.8. The van der Waals surface area contributed by atoms with Crippen molar-refractivity contribution in [1.82, 2.24) is 15.5 Å². The number of rotatable bonds is 3. The molecule has 8 heteroatoms. The fraction of sp³-hybridized carbons (Fsp3) is 0.800. The van der Waals surface area contributed by atoms with Crippen LogP contribution in [0.15, 0.2) is 0 Å². The van der Waals surface area contributed by atoms with Gasteiger partial charge in [-0.2, -0.15) is 0 Å². The molecule has 0 radical (unpaired) electrons. The van der Waals surface area contributed by atoms with E-state index in [2.05, 4.69) is 10.6 Å². The molecule has 0 saturated carbocycles. The highest BCUT2D eigenvalue weighted by atomic mass is 32.2. The van der Waals surface area contributed by atoms with Gasteiger partial charge in [0.25, 0.3) is 0 Å². The summed E-state index contributed by atoms with van der Waals surface area (Å²) in [6.07, 6.45) is 1.02. The van der Waals surface area contributed by atoms with Crippen molar-refractivity contribution in [3.63, 3.8) is 0 Å². The largest absolute Gasteiger partial charge is 0.357 e. The van der Waals surface area contributed by atoms with Crippen LogP contribution in [0.4, 0.5) is 0 Å². The number of amides is 2. The molecule has 1 aliphatic rings. The molecule has 0 aromatic heterocycles. The Kier molecular flexibility index (Phi) is 4.69. The Morgan fingerprint density at radius 1 is 1.44 bits per heavy atom. The van der Waals surface area contributed by atoms with Crippen molar-refractivity contribution in [2.75, 3.05) is 32.9 Å². The zero-order valence-electron chi connectivity index (χ0n) is 10.8. The van der Waals surface area contributed by atoms with Crippen LogP contribution in [0.3, 0.4) is 0 Å². The average Bonchev–Trinajstić information content (AvgIpc) is 2.35. The first kappa shape index (κ1) is 14.9. The average molecular weight is 277 g/mol. The Labute approximate surface area is 107 Å². The Bertz CT molecular complexity index is 434. The summed E-state index contributed by atoms with van der Waals surface area (Å²) in [6.45, 7) is 2.56. The second kappa shape index (κ2) is 5.66. The number of nitrogens with zero attached hydrogens (tertiary/aromatic N) is 1. The number of carbonyl (C=O) groups excluding carboxylic acids is 2. The summed E-state index contributed by atoms with van der Waals surface area (Å²) in [7, 11) is -1.96. The maximum absolute atomic E-state index is 12.1. The molecule has 1 aliphatic heterocycles. The Morgan fingerprint density at radius 2 is 2.06 bits per heavy atom. The van der Waals surface area contributed by atoms with Crippen molar-refractivity contribution in [3.05, 3.63) is 0 Å². The molecule has 104 valence electrons. The van der Waals surface area contributed by atoms with Gasteiger partial charge in [0.1, 0.15) is 11.3 Å². The smallest absolute Gasteiger partial charge is 0.243 e. The van der Waals surface area contributed by atoms with Gasteiger partial charge in [-0.3, -0.25) is 9.59 Å². The molecular formula is C10H19N3O4S. The summed E-state index contributed by atoms with van der Waals surface area (Å²) in [5, 5.41) is 4.36. The van der Waals surface area contributed by atoms with Gasteiger partial charge in [-0.05, 0) is 6.92 Å². The van der Waals surface area contributed by atoms with Gasteiger partial charge in [-0.15, -0.1) is 0 Å². The molecule has 2 amide bonds. The number of likely N-dealkylation sites (N-methyl/N-ethyl adjacent to an activating group) is 1. The first-order valence-corrected chi connectivity index (χ1v) is 7.66. The minimum absolute atomic E-state index is 0.295. The lowest BCUT2D eigenvalue weighted by atomic mass is 10.1. The Morgan fingerprint density at radius 3 is 2.56 bits per heavy atom. The minimum Gasteiger partial charge on any atom is -0.357 e. The third-order valence-electron chi connectivity index (χ3n) is 3.07. The summed E-state index contributed by atoms with van der Waals surface area (Å²) >= 11 is 0. The summed E-state index contributed by atoms with van der Waals surface area (Å²) in [4.78, 5) is 25.1.